The van der Waals surface area contributed by atoms with E-state index in [1.807, 2.05) is 0 Å². The summed E-state index contributed by atoms with van der Waals surface area (Å²) < 4.78 is 0. The van der Waals surface area contributed by atoms with Gasteiger partial charge < -0.3 is 10.4 Å². The topological polar surface area (TPSA) is 62.2 Å². The summed E-state index contributed by atoms with van der Waals surface area (Å²) in [6, 6.07) is 3.80. The molecule has 1 aliphatic carbocycles. The van der Waals surface area contributed by atoms with Gasteiger partial charge in [0.05, 0.1) is 5.56 Å². The molecular formula is C13H18N2O2. The average molecular weight is 234 g/mol. The predicted octanol–water partition coefficient (Wildman–Crippen LogP) is 2.77. The van der Waals surface area contributed by atoms with Gasteiger partial charge in [-0.2, -0.15) is 0 Å². The molecule has 2 atom stereocenters. The number of carboxylic acids is 1. The standard InChI is InChI=1S/C13H18N2O2/c1-9-3-2-4-11(7-9)15-12-6-5-10(8-14-12)13(16)17/h5-6,8-9,11H,2-4,7H2,1H3,(H,14,15)(H,16,17). The van der Waals surface area contributed by atoms with E-state index in [0.29, 0.717) is 6.04 Å². The lowest BCUT2D eigenvalue weighted by Crippen LogP contribution is -2.26. The van der Waals surface area contributed by atoms with Crippen LogP contribution in [-0.4, -0.2) is 22.1 Å². The fraction of sp³-hybridized carbons (Fsp3) is 0.538. The summed E-state index contributed by atoms with van der Waals surface area (Å²) in [6.07, 6.45) is 6.31. The highest BCUT2D eigenvalue weighted by atomic mass is 16.4. The zero-order valence-electron chi connectivity index (χ0n) is 10.0. The number of nitrogens with zero attached hydrogens (tertiary/aromatic N) is 1. The molecule has 2 rings (SSSR count). The minimum absolute atomic E-state index is 0.229. The van der Waals surface area contributed by atoms with Crippen molar-refractivity contribution in [3.05, 3.63) is 23.9 Å². The lowest BCUT2D eigenvalue weighted by Gasteiger charge is -2.27. The molecular weight excluding hydrogens is 216 g/mol. The zero-order valence-corrected chi connectivity index (χ0v) is 10.0. The van der Waals surface area contributed by atoms with E-state index < -0.39 is 5.97 Å². The Labute approximate surface area is 101 Å². The Morgan fingerprint density at radius 1 is 1.47 bits per heavy atom. The van der Waals surface area contributed by atoms with Gasteiger partial charge in [0, 0.05) is 12.2 Å². The minimum atomic E-state index is -0.935. The number of anilines is 1. The fourth-order valence-corrected chi connectivity index (χ4v) is 2.38. The van der Waals surface area contributed by atoms with Gasteiger partial charge in [-0.25, -0.2) is 9.78 Å². The van der Waals surface area contributed by atoms with E-state index in [2.05, 4.69) is 17.2 Å². The highest BCUT2D eigenvalue weighted by molar-refractivity contribution is 5.87. The van der Waals surface area contributed by atoms with Crippen molar-refractivity contribution in [3.63, 3.8) is 0 Å². The molecule has 0 amide bonds. The number of hydrogen-bond acceptors (Lipinski definition) is 3. The molecule has 2 unspecified atom stereocenters. The molecule has 0 aliphatic heterocycles. The van der Waals surface area contributed by atoms with Crippen LogP contribution in [0.25, 0.3) is 0 Å². The lowest BCUT2D eigenvalue weighted by molar-refractivity contribution is 0.0696. The molecule has 2 N–H and O–H groups in total. The largest absolute Gasteiger partial charge is 0.478 e. The van der Waals surface area contributed by atoms with Gasteiger partial charge in [0.15, 0.2) is 0 Å². The molecule has 0 radical (unpaired) electrons. The predicted molar refractivity (Wildman–Crippen MR) is 66.2 cm³/mol. The molecule has 1 aromatic rings. The molecule has 4 nitrogen and oxygen atoms in total. The summed E-state index contributed by atoms with van der Waals surface area (Å²) in [4.78, 5) is 14.8. The van der Waals surface area contributed by atoms with Crippen LogP contribution in [0.5, 0.6) is 0 Å². The minimum Gasteiger partial charge on any atom is -0.478 e. The second-order valence-electron chi connectivity index (χ2n) is 4.85. The molecule has 1 fully saturated rings. The first-order valence-corrected chi connectivity index (χ1v) is 6.11. The van der Waals surface area contributed by atoms with Crippen LogP contribution in [0.2, 0.25) is 0 Å². The highest BCUT2D eigenvalue weighted by Gasteiger charge is 2.18. The molecule has 0 spiro atoms. The summed E-state index contributed by atoms with van der Waals surface area (Å²) in [7, 11) is 0. The summed E-state index contributed by atoms with van der Waals surface area (Å²) in [6.45, 7) is 2.27. The van der Waals surface area contributed by atoms with Crippen LogP contribution in [0.15, 0.2) is 18.3 Å². The van der Waals surface area contributed by atoms with Crippen molar-refractivity contribution >= 4 is 11.8 Å². The van der Waals surface area contributed by atoms with Crippen LogP contribution >= 0.6 is 0 Å². The molecule has 1 aliphatic rings. The molecule has 0 saturated heterocycles. The van der Waals surface area contributed by atoms with Gasteiger partial charge in [-0.3, -0.25) is 0 Å². The maximum atomic E-state index is 10.7. The first kappa shape index (κ1) is 11.9. The van der Waals surface area contributed by atoms with Crippen molar-refractivity contribution in [2.75, 3.05) is 5.32 Å². The normalized spacial score (nSPS) is 24.3. The second kappa shape index (κ2) is 5.17. The van der Waals surface area contributed by atoms with Crippen molar-refractivity contribution in [3.8, 4) is 0 Å². The first-order valence-electron chi connectivity index (χ1n) is 6.11. The maximum Gasteiger partial charge on any atom is 0.337 e. The summed E-state index contributed by atoms with van der Waals surface area (Å²) in [5.74, 6) is 0.601. The van der Waals surface area contributed by atoms with Crippen molar-refractivity contribution in [2.24, 2.45) is 5.92 Å². The van der Waals surface area contributed by atoms with Gasteiger partial charge in [-0.1, -0.05) is 19.8 Å². The van der Waals surface area contributed by atoms with Crippen LogP contribution in [0.4, 0.5) is 5.82 Å². The van der Waals surface area contributed by atoms with Gasteiger partial charge in [-0.05, 0) is 30.9 Å². The molecule has 1 aromatic heterocycles. The highest BCUT2D eigenvalue weighted by Crippen LogP contribution is 2.25. The van der Waals surface area contributed by atoms with E-state index in [-0.39, 0.29) is 5.56 Å². The van der Waals surface area contributed by atoms with E-state index in [1.165, 1.54) is 31.9 Å². The Kier molecular flexibility index (Phi) is 3.61. The van der Waals surface area contributed by atoms with E-state index >= 15 is 0 Å². The molecule has 1 heterocycles. The Morgan fingerprint density at radius 2 is 2.29 bits per heavy atom. The number of carboxylic acid groups (broad SMARTS) is 1. The van der Waals surface area contributed by atoms with Crippen molar-refractivity contribution in [2.45, 2.75) is 38.6 Å². The fourth-order valence-electron chi connectivity index (χ4n) is 2.38. The Balaban J connectivity index is 1.96. The monoisotopic (exact) mass is 234 g/mol. The number of carbonyl (C=O) groups is 1. The molecule has 17 heavy (non-hydrogen) atoms. The third-order valence-electron chi connectivity index (χ3n) is 3.30. The van der Waals surface area contributed by atoms with Crippen molar-refractivity contribution < 1.29 is 9.90 Å². The average Bonchev–Trinajstić information content (AvgIpc) is 2.29. The van der Waals surface area contributed by atoms with Crippen LogP contribution < -0.4 is 5.32 Å². The zero-order chi connectivity index (χ0) is 12.3. The number of hydrogen-bond donors (Lipinski definition) is 2. The Morgan fingerprint density at radius 3 is 2.88 bits per heavy atom. The number of pyridine rings is 1. The first-order chi connectivity index (χ1) is 8.15. The molecule has 1 saturated carbocycles. The quantitative estimate of drug-likeness (QED) is 0.844. The van der Waals surface area contributed by atoms with E-state index in [4.69, 9.17) is 5.11 Å². The third-order valence-corrected chi connectivity index (χ3v) is 3.30. The SMILES string of the molecule is CC1CCCC(Nc2ccc(C(=O)O)cn2)C1. The smallest absolute Gasteiger partial charge is 0.337 e. The molecule has 0 aromatic carbocycles. The Bertz CT molecular complexity index is 389. The van der Waals surface area contributed by atoms with Gasteiger partial charge in [0.1, 0.15) is 5.82 Å². The van der Waals surface area contributed by atoms with Crippen LogP contribution in [0.1, 0.15) is 43.0 Å². The summed E-state index contributed by atoms with van der Waals surface area (Å²) in [5.41, 5.74) is 0.229. The summed E-state index contributed by atoms with van der Waals surface area (Å²) >= 11 is 0. The number of aromatic nitrogens is 1. The van der Waals surface area contributed by atoms with E-state index in [0.717, 1.165) is 11.7 Å². The van der Waals surface area contributed by atoms with Crippen molar-refractivity contribution in [1.82, 2.24) is 4.98 Å². The summed E-state index contributed by atoms with van der Waals surface area (Å²) in [5, 5.41) is 12.1. The van der Waals surface area contributed by atoms with E-state index in [9.17, 15) is 4.79 Å². The second-order valence-corrected chi connectivity index (χ2v) is 4.85. The third kappa shape index (κ3) is 3.19. The van der Waals surface area contributed by atoms with Crippen molar-refractivity contribution in [1.29, 1.82) is 0 Å². The van der Waals surface area contributed by atoms with Gasteiger partial charge in [0.2, 0.25) is 0 Å². The van der Waals surface area contributed by atoms with Crippen LogP contribution in [0.3, 0.4) is 0 Å². The van der Waals surface area contributed by atoms with Crippen LogP contribution in [0, 0.1) is 5.92 Å². The molecule has 0 bridgehead atoms. The Hall–Kier alpha value is -1.58. The number of rotatable bonds is 3. The molecule has 4 heteroatoms. The van der Waals surface area contributed by atoms with Crippen LogP contribution in [-0.2, 0) is 0 Å². The van der Waals surface area contributed by atoms with Gasteiger partial charge in [0.25, 0.3) is 0 Å². The molecule has 92 valence electrons. The van der Waals surface area contributed by atoms with Gasteiger partial charge in [-0.15, -0.1) is 0 Å². The maximum absolute atomic E-state index is 10.7. The van der Waals surface area contributed by atoms with E-state index in [1.54, 1.807) is 12.1 Å². The lowest BCUT2D eigenvalue weighted by atomic mass is 9.87. The number of aromatic carboxylic acids is 1. The van der Waals surface area contributed by atoms with Gasteiger partial charge >= 0.3 is 5.97 Å². The number of nitrogens with one attached hydrogen (secondary N) is 1.